The van der Waals surface area contributed by atoms with E-state index in [-0.39, 0.29) is 0 Å². The van der Waals surface area contributed by atoms with Crippen molar-refractivity contribution in [3.05, 3.63) is 70.7 Å². The van der Waals surface area contributed by atoms with Crippen molar-refractivity contribution in [2.45, 2.75) is 23.9 Å². The minimum absolute atomic E-state index is 0.689. The molecule has 4 aromatic rings. The molecule has 0 atom stereocenters. The summed E-state index contributed by atoms with van der Waals surface area (Å²) in [4.78, 5) is 4.78. The largest absolute Gasteiger partial charge is 0.385 e. The zero-order chi connectivity index (χ0) is 20.8. The third kappa shape index (κ3) is 5.10. The number of ether oxygens (including phenoxy) is 1. The number of thioether (sulfide) groups is 1. The van der Waals surface area contributed by atoms with Crippen LogP contribution in [0.15, 0.2) is 65.1 Å². The molecule has 5 nitrogen and oxygen atoms in total. The van der Waals surface area contributed by atoms with Crippen LogP contribution >= 0.6 is 34.7 Å². The van der Waals surface area contributed by atoms with Gasteiger partial charge in [0.15, 0.2) is 11.0 Å². The highest BCUT2D eigenvalue weighted by molar-refractivity contribution is 7.98. The van der Waals surface area contributed by atoms with Crippen molar-refractivity contribution in [3.63, 3.8) is 0 Å². The van der Waals surface area contributed by atoms with Crippen LogP contribution in [0.25, 0.3) is 22.0 Å². The lowest BCUT2D eigenvalue weighted by atomic mass is 10.2. The summed E-state index contributed by atoms with van der Waals surface area (Å²) in [5.74, 6) is 1.58. The Morgan fingerprint density at radius 1 is 1.03 bits per heavy atom. The number of nitrogens with zero attached hydrogens (tertiary/aromatic N) is 4. The first kappa shape index (κ1) is 21.1. The van der Waals surface area contributed by atoms with Gasteiger partial charge in [-0.15, -0.1) is 21.5 Å². The molecule has 0 fully saturated rings. The Morgan fingerprint density at radius 3 is 2.60 bits per heavy atom. The number of rotatable bonds is 9. The molecule has 0 bridgehead atoms. The standard InChI is InChI=1S/C22H21ClN4OS2/c1-28-13-5-12-27-20(16-8-10-18(23)11-9-16)25-26-22(27)30-15-19-14-29-21(24-19)17-6-3-2-4-7-17/h2-4,6-11,14H,5,12-13,15H2,1H3. The van der Waals surface area contributed by atoms with Crippen LogP contribution in [-0.2, 0) is 17.0 Å². The van der Waals surface area contributed by atoms with E-state index in [9.17, 15) is 0 Å². The fourth-order valence-corrected chi connectivity index (χ4v) is 4.92. The minimum Gasteiger partial charge on any atom is -0.385 e. The second-order valence-electron chi connectivity index (χ2n) is 6.61. The topological polar surface area (TPSA) is 52.8 Å². The van der Waals surface area contributed by atoms with Gasteiger partial charge in [0.1, 0.15) is 5.01 Å². The molecule has 0 aliphatic rings. The number of hydrogen-bond donors (Lipinski definition) is 0. The SMILES string of the molecule is COCCCn1c(SCc2csc(-c3ccccc3)n2)nnc1-c1ccc(Cl)cc1. The summed E-state index contributed by atoms with van der Waals surface area (Å²) in [6.07, 6.45) is 0.886. The molecule has 0 unspecified atom stereocenters. The van der Waals surface area contributed by atoms with Gasteiger partial charge in [0, 0.05) is 47.5 Å². The second kappa shape index (κ2) is 10.2. The molecule has 0 amide bonds. The van der Waals surface area contributed by atoms with Gasteiger partial charge in [0.2, 0.25) is 0 Å². The first-order valence-corrected chi connectivity index (χ1v) is 11.8. The fraction of sp³-hybridized carbons (Fsp3) is 0.227. The normalized spacial score (nSPS) is 11.1. The molecule has 0 N–H and O–H groups in total. The first-order chi connectivity index (χ1) is 14.7. The summed E-state index contributed by atoms with van der Waals surface area (Å²) >= 11 is 9.36. The van der Waals surface area contributed by atoms with Crippen molar-refractivity contribution in [3.8, 4) is 22.0 Å². The molecule has 2 heterocycles. The fourth-order valence-electron chi connectivity index (χ4n) is 3.00. The van der Waals surface area contributed by atoms with Gasteiger partial charge in [-0.25, -0.2) is 4.98 Å². The zero-order valence-electron chi connectivity index (χ0n) is 16.5. The van der Waals surface area contributed by atoms with Gasteiger partial charge in [0.25, 0.3) is 0 Å². The number of benzene rings is 2. The molecule has 154 valence electrons. The molecule has 2 aromatic heterocycles. The van der Waals surface area contributed by atoms with Crippen LogP contribution in [0.2, 0.25) is 5.02 Å². The summed E-state index contributed by atoms with van der Waals surface area (Å²) in [7, 11) is 1.72. The van der Waals surface area contributed by atoms with E-state index in [2.05, 4.69) is 32.3 Å². The maximum atomic E-state index is 6.04. The maximum Gasteiger partial charge on any atom is 0.191 e. The first-order valence-electron chi connectivity index (χ1n) is 9.55. The highest BCUT2D eigenvalue weighted by Crippen LogP contribution is 2.30. The molecule has 2 aromatic carbocycles. The Kier molecular flexibility index (Phi) is 7.17. The lowest BCUT2D eigenvalue weighted by molar-refractivity contribution is 0.189. The van der Waals surface area contributed by atoms with Gasteiger partial charge in [-0.2, -0.15) is 0 Å². The van der Waals surface area contributed by atoms with Gasteiger partial charge >= 0.3 is 0 Å². The Balaban J connectivity index is 1.52. The predicted octanol–water partition coefficient (Wildman–Crippen LogP) is 6.05. The quantitative estimate of drug-likeness (QED) is 0.226. The predicted molar refractivity (Wildman–Crippen MR) is 124 cm³/mol. The average molecular weight is 457 g/mol. The van der Waals surface area contributed by atoms with Gasteiger partial charge in [-0.05, 0) is 30.7 Å². The molecule has 4 rings (SSSR count). The molecule has 0 aliphatic carbocycles. The van der Waals surface area contributed by atoms with Gasteiger partial charge in [-0.3, -0.25) is 0 Å². The van der Waals surface area contributed by atoms with Gasteiger partial charge in [-0.1, -0.05) is 53.7 Å². The van der Waals surface area contributed by atoms with E-state index in [4.69, 9.17) is 21.3 Å². The molecule has 0 spiro atoms. The molecule has 0 radical (unpaired) electrons. The van der Waals surface area contributed by atoms with E-state index in [1.807, 2.05) is 42.5 Å². The molecule has 8 heteroatoms. The van der Waals surface area contributed by atoms with Crippen molar-refractivity contribution < 1.29 is 4.74 Å². The van der Waals surface area contributed by atoms with Crippen molar-refractivity contribution in [2.75, 3.05) is 13.7 Å². The molecule has 30 heavy (non-hydrogen) atoms. The lowest BCUT2D eigenvalue weighted by Crippen LogP contribution is -2.05. The molecule has 0 saturated heterocycles. The zero-order valence-corrected chi connectivity index (χ0v) is 18.9. The molecule has 0 saturated carbocycles. The van der Waals surface area contributed by atoms with Crippen LogP contribution in [0.1, 0.15) is 12.1 Å². The highest BCUT2D eigenvalue weighted by Gasteiger charge is 2.15. The maximum absolute atomic E-state index is 6.04. The van der Waals surface area contributed by atoms with E-state index in [0.717, 1.165) is 51.5 Å². The summed E-state index contributed by atoms with van der Waals surface area (Å²) < 4.78 is 7.38. The summed E-state index contributed by atoms with van der Waals surface area (Å²) in [5.41, 5.74) is 3.19. The Hall–Kier alpha value is -2.19. The number of hydrogen-bond acceptors (Lipinski definition) is 6. The van der Waals surface area contributed by atoms with Gasteiger partial charge < -0.3 is 9.30 Å². The smallest absolute Gasteiger partial charge is 0.191 e. The Bertz CT molecular complexity index is 1080. The third-order valence-corrected chi connectivity index (χ3v) is 6.66. The van der Waals surface area contributed by atoms with E-state index in [1.54, 1.807) is 30.2 Å². The van der Waals surface area contributed by atoms with Crippen molar-refractivity contribution in [2.24, 2.45) is 0 Å². The average Bonchev–Trinajstić information content (AvgIpc) is 3.41. The van der Waals surface area contributed by atoms with E-state index >= 15 is 0 Å². The summed E-state index contributed by atoms with van der Waals surface area (Å²) in [6, 6.07) is 17.9. The van der Waals surface area contributed by atoms with Crippen molar-refractivity contribution in [1.29, 1.82) is 0 Å². The van der Waals surface area contributed by atoms with Crippen LogP contribution in [-0.4, -0.2) is 33.5 Å². The third-order valence-electron chi connectivity index (χ3n) is 4.47. The minimum atomic E-state index is 0.689. The Morgan fingerprint density at radius 2 is 1.83 bits per heavy atom. The van der Waals surface area contributed by atoms with Crippen molar-refractivity contribution in [1.82, 2.24) is 19.7 Å². The molecular weight excluding hydrogens is 436 g/mol. The highest BCUT2D eigenvalue weighted by atomic mass is 35.5. The summed E-state index contributed by atoms with van der Waals surface area (Å²) in [6.45, 7) is 1.47. The Labute approximate surface area is 189 Å². The van der Waals surface area contributed by atoms with Crippen LogP contribution in [0, 0.1) is 0 Å². The van der Waals surface area contributed by atoms with Crippen LogP contribution in [0.4, 0.5) is 0 Å². The van der Waals surface area contributed by atoms with Crippen LogP contribution in [0.3, 0.4) is 0 Å². The van der Waals surface area contributed by atoms with E-state index in [1.165, 1.54) is 0 Å². The molecule has 0 aliphatic heterocycles. The number of methoxy groups -OCH3 is 1. The van der Waals surface area contributed by atoms with Crippen LogP contribution in [0.5, 0.6) is 0 Å². The van der Waals surface area contributed by atoms with Crippen molar-refractivity contribution >= 4 is 34.7 Å². The lowest BCUT2D eigenvalue weighted by Gasteiger charge is -2.10. The van der Waals surface area contributed by atoms with E-state index < -0.39 is 0 Å². The van der Waals surface area contributed by atoms with E-state index in [0.29, 0.717) is 11.6 Å². The van der Waals surface area contributed by atoms with Gasteiger partial charge in [0.05, 0.1) is 5.69 Å². The molecular formula is C22H21ClN4OS2. The number of halogens is 1. The number of thiazole rings is 1. The number of aromatic nitrogens is 4. The summed E-state index contributed by atoms with van der Waals surface area (Å²) in [5, 5.41) is 13.6. The monoisotopic (exact) mass is 456 g/mol. The second-order valence-corrected chi connectivity index (χ2v) is 8.85. The van der Waals surface area contributed by atoms with Crippen LogP contribution < -0.4 is 0 Å².